The smallest absolute Gasteiger partial charge is 0.309 e. The van der Waals surface area contributed by atoms with Crippen LogP contribution in [-0.2, 0) is 28.6 Å². The van der Waals surface area contributed by atoms with Crippen molar-refractivity contribution in [3.05, 3.63) is 85.1 Å². The van der Waals surface area contributed by atoms with Crippen molar-refractivity contribution in [1.82, 2.24) is 0 Å². The maximum absolute atomic E-state index is 12.7. The Kier molecular flexibility index (Phi) is 43.6. The Morgan fingerprint density at radius 1 is 0.397 bits per heavy atom. The number of hydrogen-bond acceptors (Lipinski definition) is 6. The third-order valence-electron chi connectivity index (χ3n) is 9.68. The predicted molar refractivity (Wildman–Crippen MR) is 247 cm³/mol. The summed E-state index contributed by atoms with van der Waals surface area (Å²) in [6.07, 6.45) is 59.0. The highest BCUT2D eigenvalue weighted by atomic mass is 16.6. The van der Waals surface area contributed by atoms with Crippen LogP contribution in [0, 0.1) is 0 Å². The molecule has 0 fully saturated rings. The second-order valence-electron chi connectivity index (χ2n) is 15.3. The number of unbranched alkanes of at least 4 members (excludes halogenated alkanes) is 18. The summed E-state index contributed by atoms with van der Waals surface area (Å²) in [4.78, 5) is 37.6. The van der Waals surface area contributed by atoms with Gasteiger partial charge in [-0.1, -0.05) is 196 Å². The van der Waals surface area contributed by atoms with E-state index in [2.05, 4.69) is 87.6 Å². The van der Waals surface area contributed by atoms with Crippen LogP contribution in [0.25, 0.3) is 0 Å². The number of ether oxygens (including phenoxy) is 3. The molecule has 0 aliphatic carbocycles. The molecule has 0 bridgehead atoms. The molecule has 0 aliphatic heterocycles. The lowest BCUT2D eigenvalue weighted by Gasteiger charge is -2.18. The van der Waals surface area contributed by atoms with Gasteiger partial charge in [0.05, 0.1) is 6.42 Å². The van der Waals surface area contributed by atoms with Gasteiger partial charge in [-0.3, -0.25) is 14.4 Å². The van der Waals surface area contributed by atoms with Gasteiger partial charge in [0.2, 0.25) is 0 Å². The monoisotopic (exact) mass is 807 g/mol. The second kappa shape index (κ2) is 46.3. The Balaban J connectivity index is 4.48. The molecular formula is C52H86O6. The SMILES string of the molecule is CC/C=C\C/C=C\C/C=C\CC(=O)OCC(COC(=O)CCCCCCC/C=C\C=C/CCCCCCCCC)OC(=O)CC/C=C\C/C=C\CCCCCCCC. The van der Waals surface area contributed by atoms with E-state index in [1.807, 2.05) is 12.2 Å². The number of hydrogen-bond donors (Lipinski definition) is 0. The molecule has 0 rings (SSSR count). The van der Waals surface area contributed by atoms with E-state index in [-0.39, 0.29) is 32.0 Å². The number of carbonyl (C=O) groups excluding carboxylic acids is 3. The van der Waals surface area contributed by atoms with Gasteiger partial charge in [-0.15, -0.1) is 0 Å². The van der Waals surface area contributed by atoms with E-state index in [0.717, 1.165) is 70.6 Å². The first-order chi connectivity index (χ1) is 28.5. The summed E-state index contributed by atoms with van der Waals surface area (Å²) >= 11 is 0. The summed E-state index contributed by atoms with van der Waals surface area (Å²) in [5.74, 6) is -1.15. The largest absolute Gasteiger partial charge is 0.462 e. The highest BCUT2D eigenvalue weighted by Crippen LogP contribution is 2.12. The zero-order chi connectivity index (χ0) is 42.3. The molecular weight excluding hydrogens is 721 g/mol. The van der Waals surface area contributed by atoms with Crippen LogP contribution < -0.4 is 0 Å². The van der Waals surface area contributed by atoms with E-state index >= 15 is 0 Å². The minimum Gasteiger partial charge on any atom is -0.462 e. The summed E-state index contributed by atoms with van der Waals surface area (Å²) in [5, 5.41) is 0. The van der Waals surface area contributed by atoms with E-state index in [0.29, 0.717) is 12.8 Å². The number of esters is 3. The Morgan fingerprint density at radius 3 is 1.38 bits per heavy atom. The number of rotatable bonds is 41. The lowest BCUT2D eigenvalue weighted by atomic mass is 10.1. The number of allylic oxidation sites excluding steroid dienone is 13. The van der Waals surface area contributed by atoms with E-state index < -0.39 is 18.0 Å². The molecule has 0 aromatic heterocycles. The average molecular weight is 807 g/mol. The Hall–Kier alpha value is -3.41. The molecule has 0 N–H and O–H groups in total. The van der Waals surface area contributed by atoms with E-state index in [1.54, 1.807) is 6.08 Å². The van der Waals surface area contributed by atoms with Crippen LogP contribution in [-0.4, -0.2) is 37.2 Å². The first kappa shape index (κ1) is 54.6. The first-order valence-corrected chi connectivity index (χ1v) is 23.6. The summed E-state index contributed by atoms with van der Waals surface area (Å²) in [6, 6.07) is 0. The van der Waals surface area contributed by atoms with Crippen molar-refractivity contribution in [3.63, 3.8) is 0 Å². The highest BCUT2D eigenvalue weighted by Gasteiger charge is 2.19. The standard InChI is InChI=1S/C52H86O6/c1-4-7-10-13-16-19-21-23-24-25-26-27-29-30-33-36-39-42-45-51(54)57-48-49(47-56-50(53)44-41-38-35-32-18-15-12-9-6-3)58-52(55)46-43-40-37-34-31-28-22-20-17-14-11-8-5-2/h9,12,18,24-28,31-32,37-38,40-41,49H,4-8,10-11,13-17,19-23,29-30,33-36,39,42-48H2,1-3H3/b12-9-,25-24-,27-26-,31-28-,32-18-,40-37-,41-38-. The van der Waals surface area contributed by atoms with Gasteiger partial charge in [-0.2, -0.15) is 0 Å². The molecule has 0 spiro atoms. The maximum Gasteiger partial charge on any atom is 0.309 e. The summed E-state index contributed by atoms with van der Waals surface area (Å²) in [6.45, 7) is 6.32. The van der Waals surface area contributed by atoms with Crippen LogP contribution in [0.3, 0.4) is 0 Å². The molecule has 0 heterocycles. The third kappa shape index (κ3) is 43.7. The lowest BCUT2D eigenvalue weighted by Crippen LogP contribution is -2.30. The molecule has 0 amide bonds. The van der Waals surface area contributed by atoms with Gasteiger partial charge in [0.1, 0.15) is 13.2 Å². The Labute approximate surface area is 356 Å². The normalized spacial score (nSPS) is 12.8. The van der Waals surface area contributed by atoms with Crippen molar-refractivity contribution in [2.75, 3.05) is 13.2 Å². The molecule has 1 atom stereocenters. The fourth-order valence-electron chi connectivity index (χ4n) is 6.13. The van der Waals surface area contributed by atoms with Gasteiger partial charge in [-0.25, -0.2) is 0 Å². The minimum atomic E-state index is -0.847. The molecule has 0 aliphatic rings. The number of carbonyl (C=O) groups is 3. The second-order valence-corrected chi connectivity index (χ2v) is 15.3. The predicted octanol–water partition coefficient (Wildman–Crippen LogP) is 15.3. The minimum absolute atomic E-state index is 0.120. The van der Waals surface area contributed by atoms with Crippen molar-refractivity contribution in [2.24, 2.45) is 0 Å². The Bertz CT molecular complexity index is 1160. The van der Waals surface area contributed by atoms with Crippen LogP contribution in [0.15, 0.2) is 85.1 Å². The van der Waals surface area contributed by atoms with Crippen LogP contribution in [0.4, 0.5) is 0 Å². The van der Waals surface area contributed by atoms with Crippen LogP contribution in [0.1, 0.15) is 207 Å². The molecule has 6 heteroatoms. The van der Waals surface area contributed by atoms with Crippen molar-refractivity contribution in [3.8, 4) is 0 Å². The van der Waals surface area contributed by atoms with Gasteiger partial charge in [0, 0.05) is 12.8 Å². The topological polar surface area (TPSA) is 78.9 Å². The van der Waals surface area contributed by atoms with Gasteiger partial charge in [0.15, 0.2) is 6.10 Å². The molecule has 0 radical (unpaired) electrons. The molecule has 1 unspecified atom stereocenters. The quantitative estimate of drug-likeness (QED) is 0.0201. The van der Waals surface area contributed by atoms with E-state index in [4.69, 9.17) is 14.2 Å². The lowest BCUT2D eigenvalue weighted by molar-refractivity contribution is -0.166. The van der Waals surface area contributed by atoms with Crippen molar-refractivity contribution < 1.29 is 28.6 Å². The third-order valence-corrected chi connectivity index (χ3v) is 9.68. The molecule has 6 nitrogen and oxygen atoms in total. The van der Waals surface area contributed by atoms with Gasteiger partial charge in [-0.05, 0) is 77.0 Å². The zero-order valence-corrected chi connectivity index (χ0v) is 37.5. The molecule has 58 heavy (non-hydrogen) atoms. The maximum atomic E-state index is 12.7. The molecule has 0 aromatic carbocycles. The van der Waals surface area contributed by atoms with E-state index in [1.165, 1.54) is 89.9 Å². The van der Waals surface area contributed by atoms with Crippen molar-refractivity contribution >= 4 is 17.9 Å². The molecule has 0 aromatic rings. The van der Waals surface area contributed by atoms with Crippen LogP contribution in [0.5, 0.6) is 0 Å². The summed E-state index contributed by atoms with van der Waals surface area (Å²) in [5.41, 5.74) is 0. The molecule has 0 saturated carbocycles. The first-order valence-electron chi connectivity index (χ1n) is 23.6. The van der Waals surface area contributed by atoms with Gasteiger partial charge in [0.25, 0.3) is 0 Å². The van der Waals surface area contributed by atoms with Crippen LogP contribution in [0.2, 0.25) is 0 Å². The van der Waals surface area contributed by atoms with Gasteiger partial charge < -0.3 is 14.2 Å². The highest BCUT2D eigenvalue weighted by molar-refractivity contribution is 5.72. The average Bonchev–Trinajstić information content (AvgIpc) is 3.22. The fraction of sp³-hybridized carbons (Fsp3) is 0.673. The Morgan fingerprint density at radius 2 is 0.828 bits per heavy atom. The zero-order valence-electron chi connectivity index (χ0n) is 37.5. The van der Waals surface area contributed by atoms with Crippen molar-refractivity contribution in [2.45, 2.75) is 213 Å². The van der Waals surface area contributed by atoms with Crippen LogP contribution >= 0.6 is 0 Å². The summed E-state index contributed by atoms with van der Waals surface area (Å²) < 4.78 is 16.5. The summed E-state index contributed by atoms with van der Waals surface area (Å²) in [7, 11) is 0. The molecule has 330 valence electrons. The molecule has 0 saturated heterocycles. The van der Waals surface area contributed by atoms with E-state index in [9.17, 15) is 14.4 Å². The fourth-order valence-corrected chi connectivity index (χ4v) is 6.13. The van der Waals surface area contributed by atoms with Crippen molar-refractivity contribution in [1.29, 1.82) is 0 Å². The van der Waals surface area contributed by atoms with Gasteiger partial charge >= 0.3 is 17.9 Å².